The molecule has 1 aromatic heterocycles. The summed E-state index contributed by atoms with van der Waals surface area (Å²) in [5.41, 5.74) is 0.723. The monoisotopic (exact) mass is 245 g/mol. The third-order valence-corrected chi connectivity index (χ3v) is 3.49. The highest BCUT2D eigenvalue weighted by Gasteiger charge is 2.30. The zero-order valence-corrected chi connectivity index (χ0v) is 10.0. The molecule has 2 aromatic rings. The third-order valence-electron chi connectivity index (χ3n) is 3.49. The molecule has 4 heteroatoms. The van der Waals surface area contributed by atoms with Crippen LogP contribution in [0, 0.1) is 0 Å². The molecule has 1 aliphatic heterocycles. The largest absolute Gasteiger partial charge is 0.451 e. The van der Waals surface area contributed by atoms with Crippen molar-refractivity contribution in [3.8, 4) is 0 Å². The molecule has 1 atom stereocenters. The van der Waals surface area contributed by atoms with Crippen molar-refractivity contribution < 1.29 is 14.3 Å². The van der Waals surface area contributed by atoms with Gasteiger partial charge >= 0.3 is 0 Å². The first-order valence-corrected chi connectivity index (χ1v) is 6.20. The molecule has 0 radical (unpaired) electrons. The van der Waals surface area contributed by atoms with E-state index in [4.69, 9.17) is 4.42 Å². The van der Waals surface area contributed by atoms with Gasteiger partial charge in [-0.2, -0.15) is 0 Å². The van der Waals surface area contributed by atoms with Crippen LogP contribution in [0.3, 0.4) is 0 Å². The molecule has 1 aromatic carbocycles. The second-order valence-electron chi connectivity index (χ2n) is 4.63. The molecule has 1 N–H and O–H groups in total. The number of nitrogens with zero attached hydrogens (tertiary/aromatic N) is 1. The van der Waals surface area contributed by atoms with Gasteiger partial charge in [-0.05, 0) is 25.0 Å². The molecule has 0 bridgehead atoms. The molecule has 3 rings (SSSR count). The summed E-state index contributed by atoms with van der Waals surface area (Å²) in [5, 5.41) is 10.2. The van der Waals surface area contributed by atoms with Crippen LogP contribution in [0.5, 0.6) is 0 Å². The van der Waals surface area contributed by atoms with Crippen LogP contribution in [0.2, 0.25) is 0 Å². The zero-order chi connectivity index (χ0) is 12.5. The first kappa shape index (κ1) is 11.3. The maximum Gasteiger partial charge on any atom is 0.289 e. The highest BCUT2D eigenvalue weighted by molar-refractivity contribution is 5.96. The minimum absolute atomic E-state index is 0.0198. The molecule has 1 amide bonds. The zero-order valence-electron chi connectivity index (χ0n) is 10.0. The summed E-state index contributed by atoms with van der Waals surface area (Å²) in [6.45, 7) is 0.715. The Labute approximate surface area is 105 Å². The first-order valence-electron chi connectivity index (χ1n) is 6.20. The number of hydrogen-bond acceptors (Lipinski definition) is 3. The summed E-state index contributed by atoms with van der Waals surface area (Å²) in [5.74, 6) is 0.235. The van der Waals surface area contributed by atoms with E-state index in [9.17, 15) is 9.90 Å². The molecule has 1 saturated heterocycles. The number of furan rings is 1. The van der Waals surface area contributed by atoms with Crippen molar-refractivity contribution in [1.82, 2.24) is 4.90 Å². The van der Waals surface area contributed by atoms with E-state index in [1.165, 1.54) is 0 Å². The standard InChI is InChI=1S/C14H15NO3/c16-9-11-5-3-7-15(11)14(17)13-8-10-4-1-2-6-12(10)18-13/h1-2,4,6,8,11,16H,3,5,7,9H2/t11-/m0/s1. The molecule has 2 heterocycles. The number of likely N-dealkylation sites (tertiary alicyclic amines) is 1. The summed E-state index contributed by atoms with van der Waals surface area (Å²) in [6.07, 6.45) is 1.81. The second kappa shape index (κ2) is 4.46. The fourth-order valence-corrected chi connectivity index (χ4v) is 2.52. The molecule has 0 aliphatic carbocycles. The quantitative estimate of drug-likeness (QED) is 0.880. The lowest BCUT2D eigenvalue weighted by Gasteiger charge is -2.21. The van der Waals surface area contributed by atoms with Gasteiger partial charge < -0.3 is 14.4 Å². The van der Waals surface area contributed by atoms with E-state index in [-0.39, 0.29) is 18.6 Å². The van der Waals surface area contributed by atoms with Gasteiger partial charge in [-0.1, -0.05) is 18.2 Å². The first-order chi connectivity index (χ1) is 8.79. The predicted molar refractivity (Wildman–Crippen MR) is 67.4 cm³/mol. The molecule has 1 aliphatic rings. The molecule has 0 unspecified atom stereocenters. The molecule has 0 spiro atoms. The molecule has 94 valence electrons. The van der Waals surface area contributed by atoms with E-state index < -0.39 is 0 Å². The number of benzene rings is 1. The van der Waals surface area contributed by atoms with E-state index in [2.05, 4.69) is 0 Å². The van der Waals surface area contributed by atoms with E-state index in [1.807, 2.05) is 24.3 Å². The summed E-state index contributed by atoms with van der Waals surface area (Å²) in [4.78, 5) is 14.0. The summed E-state index contributed by atoms with van der Waals surface area (Å²) in [6, 6.07) is 9.27. The van der Waals surface area contributed by atoms with Crippen LogP contribution in [-0.4, -0.2) is 35.1 Å². The van der Waals surface area contributed by atoms with Crippen LogP contribution < -0.4 is 0 Å². The number of carbonyl (C=O) groups excluding carboxylic acids is 1. The van der Waals surface area contributed by atoms with Gasteiger partial charge in [-0.15, -0.1) is 0 Å². The molecular weight excluding hydrogens is 230 g/mol. The normalized spacial score (nSPS) is 19.6. The Kier molecular flexibility index (Phi) is 2.80. The van der Waals surface area contributed by atoms with Gasteiger partial charge in [-0.25, -0.2) is 0 Å². The molecule has 18 heavy (non-hydrogen) atoms. The van der Waals surface area contributed by atoms with E-state index in [1.54, 1.807) is 11.0 Å². The number of rotatable bonds is 2. The Bertz CT molecular complexity index is 542. The van der Waals surface area contributed by atoms with Crippen LogP contribution in [0.25, 0.3) is 11.0 Å². The van der Waals surface area contributed by atoms with Gasteiger partial charge in [0.25, 0.3) is 5.91 Å². The number of hydrogen-bond donors (Lipinski definition) is 1. The number of amides is 1. The number of aliphatic hydroxyl groups is 1. The van der Waals surface area contributed by atoms with Gasteiger partial charge in [-0.3, -0.25) is 4.79 Å². The Morgan fingerprint density at radius 2 is 2.28 bits per heavy atom. The van der Waals surface area contributed by atoms with Crippen LogP contribution in [0.1, 0.15) is 23.4 Å². The molecular formula is C14H15NO3. The van der Waals surface area contributed by atoms with Crippen molar-refractivity contribution in [3.63, 3.8) is 0 Å². The average molecular weight is 245 g/mol. The average Bonchev–Trinajstić information content (AvgIpc) is 3.03. The Hall–Kier alpha value is -1.81. The number of aliphatic hydroxyl groups excluding tert-OH is 1. The van der Waals surface area contributed by atoms with Crippen molar-refractivity contribution in [1.29, 1.82) is 0 Å². The topological polar surface area (TPSA) is 53.7 Å². The van der Waals surface area contributed by atoms with Gasteiger partial charge in [0.2, 0.25) is 0 Å². The van der Waals surface area contributed by atoms with Gasteiger partial charge in [0.15, 0.2) is 5.76 Å². The fraction of sp³-hybridized carbons (Fsp3) is 0.357. The smallest absolute Gasteiger partial charge is 0.289 e. The van der Waals surface area contributed by atoms with Crippen molar-refractivity contribution in [3.05, 3.63) is 36.1 Å². The van der Waals surface area contributed by atoms with Crippen molar-refractivity contribution in [2.45, 2.75) is 18.9 Å². The number of fused-ring (bicyclic) bond motifs is 1. The van der Waals surface area contributed by atoms with Crippen LogP contribution in [0.4, 0.5) is 0 Å². The lowest BCUT2D eigenvalue weighted by molar-refractivity contribution is 0.0648. The van der Waals surface area contributed by atoms with Crippen molar-refractivity contribution >= 4 is 16.9 Å². The highest BCUT2D eigenvalue weighted by atomic mass is 16.3. The summed E-state index contributed by atoms with van der Waals surface area (Å²) < 4.78 is 5.56. The molecule has 0 saturated carbocycles. The van der Waals surface area contributed by atoms with E-state index in [0.29, 0.717) is 12.3 Å². The lowest BCUT2D eigenvalue weighted by Crippen LogP contribution is -2.37. The van der Waals surface area contributed by atoms with Crippen LogP contribution >= 0.6 is 0 Å². The van der Waals surface area contributed by atoms with Crippen LogP contribution in [-0.2, 0) is 0 Å². The SMILES string of the molecule is O=C(c1cc2ccccc2o1)N1CCC[C@H]1CO. The molecule has 4 nitrogen and oxygen atoms in total. The number of para-hydroxylation sites is 1. The maximum absolute atomic E-state index is 12.3. The van der Waals surface area contributed by atoms with E-state index >= 15 is 0 Å². The summed E-state index contributed by atoms with van der Waals surface area (Å²) >= 11 is 0. The Morgan fingerprint density at radius 3 is 3.06 bits per heavy atom. The minimum atomic E-state index is -0.122. The number of carbonyl (C=O) groups is 1. The Balaban J connectivity index is 1.91. The third kappa shape index (κ3) is 1.78. The maximum atomic E-state index is 12.3. The second-order valence-corrected chi connectivity index (χ2v) is 4.63. The predicted octanol–water partition coefficient (Wildman–Crippen LogP) is 2.03. The Morgan fingerprint density at radius 1 is 1.44 bits per heavy atom. The highest BCUT2D eigenvalue weighted by Crippen LogP contribution is 2.24. The molecule has 1 fully saturated rings. The van der Waals surface area contributed by atoms with Crippen molar-refractivity contribution in [2.24, 2.45) is 0 Å². The summed E-state index contributed by atoms with van der Waals surface area (Å²) in [7, 11) is 0. The van der Waals surface area contributed by atoms with Gasteiger partial charge in [0.05, 0.1) is 12.6 Å². The van der Waals surface area contributed by atoms with Crippen molar-refractivity contribution in [2.75, 3.05) is 13.2 Å². The fourth-order valence-electron chi connectivity index (χ4n) is 2.52. The van der Waals surface area contributed by atoms with Crippen LogP contribution in [0.15, 0.2) is 34.7 Å². The lowest BCUT2D eigenvalue weighted by atomic mass is 10.2. The minimum Gasteiger partial charge on any atom is -0.451 e. The van der Waals surface area contributed by atoms with E-state index in [0.717, 1.165) is 23.8 Å². The van der Waals surface area contributed by atoms with Gasteiger partial charge in [0.1, 0.15) is 5.58 Å². The van der Waals surface area contributed by atoms with Gasteiger partial charge in [0, 0.05) is 11.9 Å².